The molecule has 2 aromatic heterocycles. The molecule has 1 saturated carbocycles. The number of carbonyl (C=O) groups is 1. The Hall–Kier alpha value is -2.70. The third-order valence-corrected chi connectivity index (χ3v) is 5.14. The van der Waals surface area contributed by atoms with Gasteiger partial charge in [0, 0.05) is 13.0 Å². The zero-order chi connectivity index (χ0) is 18.1. The van der Waals surface area contributed by atoms with E-state index in [4.69, 9.17) is 0 Å². The van der Waals surface area contributed by atoms with Crippen LogP contribution in [0.3, 0.4) is 0 Å². The van der Waals surface area contributed by atoms with Gasteiger partial charge in [-0.3, -0.25) is 9.89 Å². The molecule has 0 spiro atoms. The Labute approximate surface area is 150 Å². The molecule has 2 heterocycles. The maximum absolute atomic E-state index is 13.3. The number of carbonyl (C=O) groups excluding carboxylic acids is 1. The number of aromatic nitrogens is 4. The van der Waals surface area contributed by atoms with Crippen molar-refractivity contribution in [3.63, 3.8) is 0 Å². The molecule has 7 heteroatoms. The normalized spacial score (nSPS) is 15.5. The molecule has 0 bridgehead atoms. The summed E-state index contributed by atoms with van der Waals surface area (Å²) < 4.78 is 13.3. The smallest absolute Gasteiger partial charge is 0.257 e. The molecular weight excluding hydrogens is 333 g/mol. The topological polar surface area (TPSA) is 77.7 Å². The van der Waals surface area contributed by atoms with E-state index in [0.29, 0.717) is 34.9 Å². The summed E-state index contributed by atoms with van der Waals surface area (Å²) in [6, 6.07) is 4.42. The van der Waals surface area contributed by atoms with Crippen LogP contribution >= 0.6 is 0 Å². The van der Waals surface area contributed by atoms with E-state index in [0.717, 1.165) is 18.5 Å². The van der Waals surface area contributed by atoms with Crippen molar-refractivity contribution < 1.29 is 9.18 Å². The van der Waals surface area contributed by atoms with Gasteiger partial charge in [-0.1, -0.05) is 19.3 Å². The molecule has 1 fully saturated rings. The first kappa shape index (κ1) is 16.8. The van der Waals surface area contributed by atoms with Crippen LogP contribution in [0.15, 0.2) is 24.4 Å². The first-order chi connectivity index (χ1) is 12.6. The van der Waals surface area contributed by atoms with Gasteiger partial charge in [-0.15, -0.1) is 0 Å². The average Bonchev–Trinajstić information content (AvgIpc) is 3.27. The fraction of sp³-hybridized carbons (Fsp3) is 0.421. The van der Waals surface area contributed by atoms with Crippen LogP contribution in [-0.4, -0.2) is 38.0 Å². The summed E-state index contributed by atoms with van der Waals surface area (Å²) >= 11 is 0. The van der Waals surface area contributed by atoms with Gasteiger partial charge < -0.3 is 9.88 Å². The molecule has 0 radical (unpaired) electrons. The maximum atomic E-state index is 13.3. The summed E-state index contributed by atoms with van der Waals surface area (Å²) in [5.41, 5.74) is 2.91. The van der Waals surface area contributed by atoms with E-state index in [-0.39, 0.29) is 11.7 Å². The molecular formula is C19H22FN5O. The van der Waals surface area contributed by atoms with Crippen LogP contribution in [-0.2, 0) is 6.54 Å². The number of aromatic amines is 2. The Balaban J connectivity index is 1.51. The lowest BCUT2D eigenvalue weighted by Gasteiger charge is -2.22. The number of benzene rings is 1. The summed E-state index contributed by atoms with van der Waals surface area (Å²) in [4.78, 5) is 22.0. The van der Waals surface area contributed by atoms with Gasteiger partial charge in [0.1, 0.15) is 11.6 Å². The average molecular weight is 355 g/mol. The van der Waals surface area contributed by atoms with Crippen molar-refractivity contribution in [2.24, 2.45) is 0 Å². The second kappa shape index (κ2) is 6.90. The summed E-state index contributed by atoms with van der Waals surface area (Å²) in [5, 5.41) is 7.15. The fourth-order valence-electron chi connectivity index (χ4n) is 3.78. The number of H-pyrrole nitrogens is 2. The van der Waals surface area contributed by atoms with Gasteiger partial charge in [0.2, 0.25) is 0 Å². The van der Waals surface area contributed by atoms with Crippen LogP contribution < -0.4 is 0 Å². The number of fused-ring (bicyclic) bond motifs is 1. The van der Waals surface area contributed by atoms with E-state index in [1.54, 1.807) is 24.2 Å². The molecule has 1 aliphatic rings. The summed E-state index contributed by atoms with van der Waals surface area (Å²) in [5.74, 6) is 0.621. The van der Waals surface area contributed by atoms with E-state index in [9.17, 15) is 9.18 Å². The molecule has 3 aromatic rings. The number of hydrogen-bond donors (Lipinski definition) is 2. The Bertz CT molecular complexity index is 925. The zero-order valence-corrected chi connectivity index (χ0v) is 14.8. The largest absolute Gasteiger partial charge is 0.340 e. The molecule has 26 heavy (non-hydrogen) atoms. The van der Waals surface area contributed by atoms with E-state index in [2.05, 4.69) is 20.2 Å². The predicted octanol–water partition coefficient (Wildman–Crippen LogP) is 3.75. The van der Waals surface area contributed by atoms with E-state index < -0.39 is 0 Å². The summed E-state index contributed by atoms with van der Waals surface area (Å²) in [7, 11) is 1.74. The SMILES string of the molecule is CN(Cc1nc2ccc(F)cc2[nH]1)C(=O)c1cn[nH]c1C1CCCCC1. The van der Waals surface area contributed by atoms with Crippen molar-refractivity contribution in [1.82, 2.24) is 25.1 Å². The molecule has 0 aliphatic heterocycles. The van der Waals surface area contributed by atoms with Gasteiger partial charge in [-0.25, -0.2) is 9.37 Å². The number of halogens is 1. The van der Waals surface area contributed by atoms with Crippen molar-refractivity contribution >= 4 is 16.9 Å². The highest BCUT2D eigenvalue weighted by Crippen LogP contribution is 2.33. The minimum atomic E-state index is -0.312. The number of nitrogens with zero attached hydrogens (tertiary/aromatic N) is 3. The Morgan fingerprint density at radius 2 is 2.12 bits per heavy atom. The quantitative estimate of drug-likeness (QED) is 0.748. The van der Waals surface area contributed by atoms with Crippen molar-refractivity contribution in [3.8, 4) is 0 Å². The summed E-state index contributed by atoms with van der Waals surface area (Å²) in [6.07, 6.45) is 7.48. The molecule has 0 unspecified atom stereocenters. The lowest BCUT2D eigenvalue weighted by Crippen LogP contribution is -2.27. The van der Waals surface area contributed by atoms with Crippen LogP contribution in [0.5, 0.6) is 0 Å². The lowest BCUT2D eigenvalue weighted by atomic mass is 9.85. The number of rotatable bonds is 4. The van der Waals surface area contributed by atoms with Crippen LogP contribution in [0.1, 0.15) is 59.9 Å². The van der Waals surface area contributed by atoms with Gasteiger partial charge in [0.05, 0.1) is 35.0 Å². The van der Waals surface area contributed by atoms with Gasteiger partial charge in [-0.05, 0) is 31.0 Å². The van der Waals surface area contributed by atoms with Crippen molar-refractivity contribution in [1.29, 1.82) is 0 Å². The molecule has 6 nitrogen and oxygen atoms in total. The number of imidazole rings is 1. The highest BCUT2D eigenvalue weighted by molar-refractivity contribution is 5.95. The van der Waals surface area contributed by atoms with Gasteiger partial charge in [-0.2, -0.15) is 5.10 Å². The van der Waals surface area contributed by atoms with Crippen LogP contribution in [0.2, 0.25) is 0 Å². The maximum Gasteiger partial charge on any atom is 0.257 e. The van der Waals surface area contributed by atoms with Crippen molar-refractivity contribution in [2.75, 3.05) is 7.05 Å². The number of amides is 1. The highest BCUT2D eigenvalue weighted by Gasteiger charge is 2.25. The molecule has 2 N–H and O–H groups in total. The van der Waals surface area contributed by atoms with Crippen LogP contribution in [0, 0.1) is 5.82 Å². The number of hydrogen-bond acceptors (Lipinski definition) is 3. The van der Waals surface area contributed by atoms with Gasteiger partial charge in [0.15, 0.2) is 0 Å². The van der Waals surface area contributed by atoms with Gasteiger partial charge >= 0.3 is 0 Å². The molecule has 1 aliphatic carbocycles. The first-order valence-electron chi connectivity index (χ1n) is 9.04. The zero-order valence-electron chi connectivity index (χ0n) is 14.8. The second-order valence-corrected chi connectivity index (χ2v) is 7.04. The van der Waals surface area contributed by atoms with Crippen molar-refractivity contribution in [2.45, 2.75) is 44.6 Å². The number of nitrogens with one attached hydrogen (secondary N) is 2. The molecule has 1 aromatic carbocycles. The Morgan fingerprint density at radius 3 is 2.92 bits per heavy atom. The molecule has 0 atom stereocenters. The minimum Gasteiger partial charge on any atom is -0.340 e. The van der Waals surface area contributed by atoms with Crippen LogP contribution in [0.25, 0.3) is 11.0 Å². The Kier molecular flexibility index (Phi) is 4.44. The molecule has 1 amide bonds. The lowest BCUT2D eigenvalue weighted by molar-refractivity contribution is 0.0780. The fourth-order valence-corrected chi connectivity index (χ4v) is 3.78. The van der Waals surface area contributed by atoms with Crippen LogP contribution in [0.4, 0.5) is 4.39 Å². The molecule has 0 saturated heterocycles. The first-order valence-corrected chi connectivity index (χ1v) is 9.04. The highest BCUT2D eigenvalue weighted by atomic mass is 19.1. The second-order valence-electron chi connectivity index (χ2n) is 7.04. The third-order valence-electron chi connectivity index (χ3n) is 5.14. The van der Waals surface area contributed by atoms with Gasteiger partial charge in [0.25, 0.3) is 5.91 Å². The van der Waals surface area contributed by atoms with E-state index >= 15 is 0 Å². The third kappa shape index (κ3) is 3.21. The standard InChI is InChI=1S/C19H22FN5O/c1-25(11-17-22-15-8-7-13(20)9-16(15)23-17)19(26)14-10-21-24-18(14)12-5-3-2-4-6-12/h7-10,12H,2-6,11H2,1H3,(H,21,24)(H,22,23). The molecule has 4 rings (SSSR count). The summed E-state index contributed by atoms with van der Waals surface area (Å²) in [6.45, 7) is 0.324. The monoisotopic (exact) mass is 355 g/mol. The van der Waals surface area contributed by atoms with E-state index in [1.807, 2.05) is 0 Å². The van der Waals surface area contributed by atoms with Crippen molar-refractivity contribution in [3.05, 3.63) is 47.3 Å². The van der Waals surface area contributed by atoms with E-state index in [1.165, 1.54) is 31.4 Å². The predicted molar refractivity (Wildman–Crippen MR) is 96.3 cm³/mol. The molecule has 136 valence electrons. The Morgan fingerprint density at radius 1 is 1.31 bits per heavy atom. The minimum absolute atomic E-state index is 0.0778.